The summed E-state index contributed by atoms with van der Waals surface area (Å²) in [5, 5.41) is 5.94. The van der Waals surface area contributed by atoms with Crippen molar-refractivity contribution in [3.8, 4) is 0 Å². The molecule has 3 nitrogen and oxygen atoms in total. The number of halogens is 2. The molecule has 1 aromatic rings. The first-order valence-corrected chi connectivity index (χ1v) is 6.90. The second-order valence-corrected chi connectivity index (χ2v) is 5.42. The first-order valence-electron chi connectivity index (χ1n) is 5.03. The highest BCUT2D eigenvalue weighted by Crippen LogP contribution is 2.18. The molecular formula is C11H14BrIN2O. The number of nitrogens with one attached hydrogen (secondary N) is 2. The van der Waals surface area contributed by atoms with Crippen molar-refractivity contribution < 1.29 is 4.79 Å². The molecule has 0 unspecified atom stereocenters. The molecule has 0 aliphatic heterocycles. The third kappa shape index (κ3) is 4.39. The van der Waals surface area contributed by atoms with Gasteiger partial charge in [0.25, 0.3) is 5.91 Å². The number of amides is 1. The van der Waals surface area contributed by atoms with Crippen LogP contribution in [0.1, 0.15) is 16.8 Å². The topological polar surface area (TPSA) is 41.1 Å². The summed E-state index contributed by atoms with van der Waals surface area (Å²) in [5.74, 6) is -0.0122. The summed E-state index contributed by atoms with van der Waals surface area (Å²) in [6.45, 7) is 1.61. The molecular weight excluding hydrogens is 383 g/mol. The van der Waals surface area contributed by atoms with E-state index < -0.39 is 0 Å². The van der Waals surface area contributed by atoms with Gasteiger partial charge in [-0.15, -0.1) is 0 Å². The minimum Gasteiger partial charge on any atom is -0.352 e. The standard InChI is InChI=1S/C11H14BrIN2O/c1-14-5-2-6-15-11(16)9-7-8(12)3-4-10(9)13/h3-4,7,14H,2,5-6H2,1H3,(H,15,16). The summed E-state index contributed by atoms with van der Waals surface area (Å²) in [4.78, 5) is 11.8. The Labute approximate surface area is 118 Å². The van der Waals surface area contributed by atoms with Gasteiger partial charge in [0.1, 0.15) is 0 Å². The third-order valence-corrected chi connectivity index (χ3v) is 3.50. The van der Waals surface area contributed by atoms with Gasteiger partial charge in [-0.25, -0.2) is 0 Å². The van der Waals surface area contributed by atoms with Crippen molar-refractivity contribution in [2.24, 2.45) is 0 Å². The summed E-state index contributed by atoms with van der Waals surface area (Å²) in [6, 6.07) is 5.70. The fraction of sp³-hybridized carbons (Fsp3) is 0.364. The van der Waals surface area contributed by atoms with Crippen molar-refractivity contribution in [3.05, 3.63) is 31.8 Å². The predicted molar refractivity (Wildman–Crippen MR) is 77.7 cm³/mol. The van der Waals surface area contributed by atoms with Crippen LogP contribution in [0.5, 0.6) is 0 Å². The first kappa shape index (κ1) is 13.9. The van der Waals surface area contributed by atoms with E-state index in [0.717, 1.165) is 26.6 Å². The maximum atomic E-state index is 11.8. The zero-order valence-electron chi connectivity index (χ0n) is 9.02. The molecule has 0 aromatic heterocycles. The molecule has 0 radical (unpaired) electrons. The van der Waals surface area contributed by atoms with Gasteiger partial charge in [0.2, 0.25) is 0 Å². The molecule has 1 amide bonds. The molecule has 0 atom stereocenters. The van der Waals surface area contributed by atoms with E-state index >= 15 is 0 Å². The molecule has 0 spiro atoms. The van der Waals surface area contributed by atoms with E-state index in [-0.39, 0.29) is 5.91 Å². The second-order valence-electron chi connectivity index (χ2n) is 3.34. The summed E-state index contributed by atoms with van der Waals surface area (Å²) in [5.41, 5.74) is 0.722. The molecule has 2 N–H and O–H groups in total. The maximum absolute atomic E-state index is 11.8. The maximum Gasteiger partial charge on any atom is 0.252 e. The minimum absolute atomic E-state index is 0.0122. The van der Waals surface area contributed by atoms with Crippen molar-refractivity contribution in [2.45, 2.75) is 6.42 Å². The Morgan fingerprint density at radius 1 is 1.44 bits per heavy atom. The van der Waals surface area contributed by atoms with Crippen LogP contribution in [0.4, 0.5) is 0 Å². The lowest BCUT2D eigenvalue weighted by molar-refractivity contribution is 0.0952. The molecule has 0 bridgehead atoms. The van der Waals surface area contributed by atoms with E-state index in [1.807, 2.05) is 25.2 Å². The highest BCUT2D eigenvalue weighted by molar-refractivity contribution is 14.1. The van der Waals surface area contributed by atoms with Gasteiger partial charge in [-0.05, 0) is 60.8 Å². The number of carbonyl (C=O) groups excluding carboxylic acids is 1. The molecule has 0 aliphatic rings. The van der Waals surface area contributed by atoms with E-state index in [4.69, 9.17) is 0 Å². The summed E-state index contributed by atoms with van der Waals surface area (Å²) < 4.78 is 1.89. The van der Waals surface area contributed by atoms with Crippen LogP contribution in [0.25, 0.3) is 0 Å². The first-order chi connectivity index (χ1) is 7.65. The number of benzene rings is 1. The van der Waals surface area contributed by atoms with Crippen LogP contribution >= 0.6 is 38.5 Å². The van der Waals surface area contributed by atoms with Gasteiger partial charge in [-0.1, -0.05) is 15.9 Å². The monoisotopic (exact) mass is 396 g/mol. The average Bonchev–Trinajstić information content (AvgIpc) is 2.27. The highest BCUT2D eigenvalue weighted by atomic mass is 127. The predicted octanol–water partition coefficient (Wildman–Crippen LogP) is 2.39. The zero-order chi connectivity index (χ0) is 12.0. The van der Waals surface area contributed by atoms with Gasteiger partial charge in [0.05, 0.1) is 5.56 Å². The SMILES string of the molecule is CNCCCNC(=O)c1cc(Br)ccc1I. The van der Waals surface area contributed by atoms with Crippen molar-refractivity contribution in [1.82, 2.24) is 10.6 Å². The van der Waals surface area contributed by atoms with Crippen molar-refractivity contribution in [3.63, 3.8) is 0 Å². The number of carbonyl (C=O) groups is 1. The molecule has 0 fully saturated rings. The molecule has 5 heteroatoms. The van der Waals surface area contributed by atoms with Crippen LogP contribution in [0.2, 0.25) is 0 Å². The van der Waals surface area contributed by atoms with Crippen molar-refractivity contribution in [2.75, 3.05) is 20.1 Å². The second kappa shape index (κ2) is 7.24. The van der Waals surface area contributed by atoms with Gasteiger partial charge >= 0.3 is 0 Å². The third-order valence-electron chi connectivity index (χ3n) is 2.06. The Bertz CT molecular complexity index is 371. The normalized spacial score (nSPS) is 10.2. The van der Waals surface area contributed by atoms with Crippen LogP contribution in [-0.2, 0) is 0 Å². The Hall–Kier alpha value is -0.140. The lowest BCUT2D eigenvalue weighted by Gasteiger charge is -2.07. The molecule has 1 aromatic carbocycles. The smallest absolute Gasteiger partial charge is 0.252 e. The van der Waals surface area contributed by atoms with E-state index in [0.29, 0.717) is 6.54 Å². The largest absolute Gasteiger partial charge is 0.352 e. The van der Waals surface area contributed by atoms with E-state index in [1.165, 1.54) is 0 Å². The van der Waals surface area contributed by atoms with Gasteiger partial charge in [-0.2, -0.15) is 0 Å². The molecule has 0 aliphatic carbocycles. The molecule has 0 saturated carbocycles. The highest BCUT2D eigenvalue weighted by Gasteiger charge is 2.09. The molecule has 88 valence electrons. The fourth-order valence-corrected chi connectivity index (χ4v) is 2.18. The van der Waals surface area contributed by atoms with E-state index in [2.05, 4.69) is 49.2 Å². The lowest BCUT2D eigenvalue weighted by Crippen LogP contribution is -2.27. The number of rotatable bonds is 5. The summed E-state index contributed by atoms with van der Waals surface area (Å²) >= 11 is 5.53. The Morgan fingerprint density at radius 2 is 2.19 bits per heavy atom. The molecule has 0 saturated heterocycles. The Kier molecular flexibility index (Phi) is 6.30. The quantitative estimate of drug-likeness (QED) is 0.592. The van der Waals surface area contributed by atoms with Crippen LogP contribution in [0.3, 0.4) is 0 Å². The fourth-order valence-electron chi connectivity index (χ4n) is 1.23. The van der Waals surface area contributed by atoms with Crippen LogP contribution < -0.4 is 10.6 Å². The van der Waals surface area contributed by atoms with E-state index in [9.17, 15) is 4.79 Å². The lowest BCUT2D eigenvalue weighted by atomic mass is 10.2. The number of hydrogen-bond donors (Lipinski definition) is 2. The zero-order valence-corrected chi connectivity index (χ0v) is 12.8. The Morgan fingerprint density at radius 3 is 2.88 bits per heavy atom. The Balaban J connectivity index is 2.55. The van der Waals surface area contributed by atoms with Gasteiger partial charge in [0, 0.05) is 14.6 Å². The average molecular weight is 397 g/mol. The van der Waals surface area contributed by atoms with Gasteiger partial charge < -0.3 is 10.6 Å². The summed E-state index contributed by atoms with van der Waals surface area (Å²) in [7, 11) is 1.90. The minimum atomic E-state index is -0.0122. The molecule has 1 rings (SSSR count). The van der Waals surface area contributed by atoms with E-state index in [1.54, 1.807) is 0 Å². The van der Waals surface area contributed by atoms with Gasteiger partial charge in [0.15, 0.2) is 0 Å². The summed E-state index contributed by atoms with van der Waals surface area (Å²) in [6.07, 6.45) is 0.937. The van der Waals surface area contributed by atoms with Crippen LogP contribution in [0, 0.1) is 3.57 Å². The molecule has 0 heterocycles. The van der Waals surface area contributed by atoms with Gasteiger partial charge in [-0.3, -0.25) is 4.79 Å². The number of hydrogen-bond acceptors (Lipinski definition) is 2. The van der Waals surface area contributed by atoms with Crippen molar-refractivity contribution in [1.29, 1.82) is 0 Å². The molecule has 16 heavy (non-hydrogen) atoms. The van der Waals surface area contributed by atoms with Crippen molar-refractivity contribution >= 4 is 44.4 Å². The van der Waals surface area contributed by atoms with Crippen LogP contribution in [-0.4, -0.2) is 26.0 Å². The van der Waals surface area contributed by atoms with Crippen LogP contribution in [0.15, 0.2) is 22.7 Å².